The SMILES string of the molecule is Cc1ccc(C(=O)NC(C(=O)N[C@H]2CCCNC2)C(C)C)cc1.Cl. The molecule has 2 rings (SSSR count). The highest BCUT2D eigenvalue weighted by molar-refractivity contribution is 5.97. The van der Waals surface area contributed by atoms with Crippen molar-refractivity contribution >= 4 is 24.2 Å². The average molecular weight is 354 g/mol. The fourth-order valence-corrected chi connectivity index (χ4v) is 2.73. The van der Waals surface area contributed by atoms with E-state index in [9.17, 15) is 9.59 Å². The molecule has 1 aliphatic heterocycles. The second-order valence-corrected chi connectivity index (χ2v) is 6.61. The van der Waals surface area contributed by atoms with Crippen molar-refractivity contribution in [2.45, 2.75) is 45.7 Å². The van der Waals surface area contributed by atoms with Crippen LogP contribution in [-0.2, 0) is 4.79 Å². The molecule has 134 valence electrons. The van der Waals surface area contributed by atoms with Gasteiger partial charge in [0.15, 0.2) is 0 Å². The third-order valence-electron chi connectivity index (χ3n) is 4.19. The fraction of sp³-hybridized carbons (Fsp3) is 0.556. The summed E-state index contributed by atoms with van der Waals surface area (Å²) in [4.78, 5) is 24.9. The van der Waals surface area contributed by atoms with Gasteiger partial charge in [-0.2, -0.15) is 0 Å². The third-order valence-corrected chi connectivity index (χ3v) is 4.19. The number of rotatable bonds is 5. The number of carbonyl (C=O) groups is 2. The first-order valence-electron chi connectivity index (χ1n) is 8.36. The second kappa shape index (κ2) is 9.64. The van der Waals surface area contributed by atoms with Crippen LogP contribution in [0.25, 0.3) is 0 Å². The minimum atomic E-state index is -0.522. The molecule has 1 aliphatic rings. The molecule has 0 aliphatic carbocycles. The van der Waals surface area contributed by atoms with E-state index in [-0.39, 0.29) is 36.2 Å². The summed E-state index contributed by atoms with van der Waals surface area (Å²) in [5.41, 5.74) is 1.68. The monoisotopic (exact) mass is 353 g/mol. The number of hydrogen-bond acceptors (Lipinski definition) is 3. The largest absolute Gasteiger partial charge is 0.350 e. The van der Waals surface area contributed by atoms with E-state index >= 15 is 0 Å². The van der Waals surface area contributed by atoms with Gasteiger partial charge in [0, 0.05) is 18.2 Å². The molecule has 1 unspecified atom stereocenters. The van der Waals surface area contributed by atoms with Gasteiger partial charge in [-0.15, -0.1) is 12.4 Å². The zero-order chi connectivity index (χ0) is 16.8. The number of benzene rings is 1. The Morgan fingerprint density at radius 1 is 1.21 bits per heavy atom. The van der Waals surface area contributed by atoms with Crippen molar-refractivity contribution in [1.82, 2.24) is 16.0 Å². The van der Waals surface area contributed by atoms with Gasteiger partial charge in [-0.1, -0.05) is 31.5 Å². The molecule has 0 spiro atoms. The summed E-state index contributed by atoms with van der Waals surface area (Å²) in [5, 5.41) is 9.20. The standard InChI is InChI=1S/C18H27N3O2.ClH/c1-12(2)16(18(23)20-15-5-4-10-19-11-15)21-17(22)14-8-6-13(3)7-9-14;/h6-9,12,15-16,19H,4-5,10-11H2,1-3H3,(H,20,23)(H,21,22);1H/t15-,16?;/m0./s1. The Balaban J connectivity index is 0.00000288. The van der Waals surface area contributed by atoms with E-state index in [1.165, 1.54) is 0 Å². The summed E-state index contributed by atoms with van der Waals surface area (Å²) in [5.74, 6) is -0.282. The van der Waals surface area contributed by atoms with Gasteiger partial charge in [-0.3, -0.25) is 9.59 Å². The van der Waals surface area contributed by atoms with Gasteiger partial charge in [0.05, 0.1) is 0 Å². The molecule has 1 heterocycles. The predicted octanol–water partition coefficient (Wildman–Crippen LogP) is 2.04. The third kappa shape index (κ3) is 5.80. The molecule has 2 atom stereocenters. The van der Waals surface area contributed by atoms with E-state index in [1.54, 1.807) is 12.1 Å². The maximum atomic E-state index is 12.5. The Labute approximate surface area is 150 Å². The Bertz CT molecular complexity index is 540. The van der Waals surface area contributed by atoms with E-state index in [0.717, 1.165) is 31.5 Å². The molecule has 0 saturated carbocycles. The molecule has 0 aromatic heterocycles. The van der Waals surface area contributed by atoms with Crippen LogP contribution in [0.15, 0.2) is 24.3 Å². The highest BCUT2D eigenvalue weighted by Crippen LogP contribution is 2.08. The van der Waals surface area contributed by atoms with Gasteiger partial charge in [0.2, 0.25) is 5.91 Å². The normalized spacial score (nSPS) is 18.4. The van der Waals surface area contributed by atoms with Crippen molar-refractivity contribution < 1.29 is 9.59 Å². The summed E-state index contributed by atoms with van der Waals surface area (Å²) >= 11 is 0. The van der Waals surface area contributed by atoms with Crippen LogP contribution in [0.2, 0.25) is 0 Å². The van der Waals surface area contributed by atoms with E-state index in [1.807, 2.05) is 32.9 Å². The molecule has 0 bridgehead atoms. The number of hydrogen-bond donors (Lipinski definition) is 3. The van der Waals surface area contributed by atoms with E-state index in [4.69, 9.17) is 0 Å². The molecule has 0 radical (unpaired) electrons. The smallest absolute Gasteiger partial charge is 0.251 e. The summed E-state index contributed by atoms with van der Waals surface area (Å²) < 4.78 is 0. The lowest BCUT2D eigenvalue weighted by Gasteiger charge is -2.28. The minimum Gasteiger partial charge on any atom is -0.350 e. The molecule has 1 saturated heterocycles. The number of piperidine rings is 1. The minimum absolute atomic E-state index is 0. The van der Waals surface area contributed by atoms with E-state index in [2.05, 4.69) is 16.0 Å². The van der Waals surface area contributed by atoms with Crippen LogP contribution in [0, 0.1) is 12.8 Å². The lowest BCUT2D eigenvalue weighted by molar-refractivity contribution is -0.124. The van der Waals surface area contributed by atoms with Crippen molar-refractivity contribution in [3.8, 4) is 0 Å². The maximum absolute atomic E-state index is 12.5. The van der Waals surface area contributed by atoms with Crippen LogP contribution in [0.5, 0.6) is 0 Å². The molecule has 6 heteroatoms. The molecule has 5 nitrogen and oxygen atoms in total. The van der Waals surface area contributed by atoms with Crippen LogP contribution in [0.1, 0.15) is 42.6 Å². The van der Waals surface area contributed by atoms with E-state index in [0.29, 0.717) is 5.56 Å². The predicted molar refractivity (Wildman–Crippen MR) is 98.6 cm³/mol. The molecule has 24 heavy (non-hydrogen) atoms. The van der Waals surface area contributed by atoms with E-state index < -0.39 is 6.04 Å². The van der Waals surface area contributed by atoms with Gasteiger partial charge in [0.1, 0.15) is 6.04 Å². The van der Waals surface area contributed by atoms with Crippen molar-refractivity contribution in [2.75, 3.05) is 13.1 Å². The zero-order valence-corrected chi connectivity index (χ0v) is 15.4. The first kappa shape index (κ1) is 20.5. The average Bonchev–Trinajstić information content (AvgIpc) is 2.53. The molecule has 2 amide bonds. The molecule has 1 aromatic rings. The summed E-state index contributed by atoms with van der Waals surface area (Å²) in [7, 11) is 0. The van der Waals surface area contributed by atoms with Crippen LogP contribution >= 0.6 is 12.4 Å². The first-order chi connectivity index (χ1) is 11.0. The van der Waals surface area contributed by atoms with Gasteiger partial charge >= 0.3 is 0 Å². The lowest BCUT2D eigenvalue weighted by Crippen LogP contribution is -2.54. The number of aryl methyl sites for hydroxylation is 1. The summed E-state index contributed by atoms with van der Waals surface area (Å²) in [6.07, 6.45) is 2.04. The number of carbonyl (C=O) groups excluding carboxylic acids is 2. The molecular weight excluding hydrogens is 326 g/mol. The molecule has 1 fully saturated rings. The fourth-order valence-electron chi connectivity index (χ4n) is 2.73. The van der Waals surface area contributed by atoms with Gasteiger partial charge in [0.25, 0.3) is 5.91 Å². The van der Waals surface area contributed by atoms with Crippen LogP contribution in [0.3, 0.4) is 0 Å². The Morgan fingerprint density at radius 3 is 2.42 bits per heavy atom. The molecule has 3 N–H and O–H groups in total. The molecule has 1 aromatic carbocycles. The van der Waals surface area contributed by atoms with Gasteiger partial charge in [-0.25, -0.2) is 0 Å². The van der Waals surface area contributed by atoms with Crippen LogP contribution in [-0.4, -0.2) is 37.0 Å². The van der Waals surface area contributed by atoms with Crippen molar-refractivity contribution in [1.29, 1.82) is 0 Å². The van der Waals surface area contributed by atoms with Gasteiger partial charge < -0.3 is 16.0 Å². The van der Waals surface area contributed by atoms with Crippen molar-refractivity contribution in [3.63, 3.8) is 0 Å². The highest BCUT2D eigenvalue weighted by atomic mass is 35.5. The van der Waals surface area contributed by atoms with Crippen molar-refractivity contribution in [2.24, 2.45) is 5.92 Å². The maximum Gasteiger partial charge on any atom is 0.251 e. The van der Waals surface area contributed by atoms with Gasteiger partial charge in [-0.05, 0) is 44.4 Å². The first-order valence-corrected chi connectivity index (χ1v) is 8.36. The Morgan fingerprint density at radius 2 is 1.88 bits per heavy atom. The summed E-state index contributed by atoms with van der Waals surface area (Å²) in [6, 6.07) is 6.98. The second-order valence-electron chi connectivity index (χ2n) is 6.61. The van der Waals surface area contributed by atoms with Crippen LogP contribution in [0.4, 0.5) is 0 Å². The lowest BCUT2D eigenvalue weighted by atomic mass is 10.0. The van der Waals surface area contributed by atoms with Crippen molar-refractivity contribution in [3.05, 3.63) is 35.4 Å². The Hall–Kier alpha value is -1.59. The highest BCUT2D eigenvalue weighted by Gasteiger charge is 2.27. The number of amides is 2. The zero-order valence-electron chi connectivity index (χ0n) is 14.6. The molecular formula is C18H28ClN3O2. The number of halogens is 1. The Kier molecular flexibility index (Phi) is 8.22. The quantitative estimate of drug-likeness (QED) is 0.758. The summed E-state index contributed by atoms with van der Waals surface area (Å²) in [6.45, 7) is 7.66. The van der Waals surface area contributed by atoms with Crippen LogP contribution < -0.4 is 16.0 Å². The topological polar surface area (TPSA) is 70.2 Å². The number of nitrogens with one attached hydrogen (secondary N) is 3.